The van der Waals surface area contributed by atoms with Crippen molar-refractivity contribution in [3.05, 3.63) is 69.8 Å². The maximum atomic E-state index is 11.7. The molecule has 3 rings (SSSR count). The Hall–Kier alpha value is -2.35. The van der Waals surface area contributed by atoms with Crippen molar-refractivity contribution < 1.29 is 9.53 Å². The maximum absolute atomic E-state index is 11.7. The Morgan fingerprint density at radius 3 is 2.12 bits per heavy atom. The Morgan fingerprint density at radius 2 is 1.53 bits per heavy atom. The van der Waals surface area contributed by atoms with E-state index < -0.39 is 0 Å². The first kappa shape index (κ1) is 24.3. The second kappa shape index (κ2) is 10.1. The summed E-state index contributed by atoms with van der Waals surface area (Å²) in [7, 11) is 1.41. The zero-order chi connectivity index (χ0) is 23.4. The number of esters is 1. The number of aryl methyl sites for hydroxylation is 1. The van der Waals surface area contributed by atoms with Crippen molar-refractivity contribution in [2.75, 3.05) is 7.11 Å². The van der Waals surface area contributed by atoms with Crippen LogP contribution in [0, 0.1) is 0 Å². The Morgan fingerprint density at radius 1 is 0.906 bits per heavy atom. The average Bonchev–Trinajstić information content (AvgIpc) is 2.78. The van der Waals surface area contributed by atoms with E-state index in [0.717, 1.165) is 12.0 Å². The first-order chi connectivity index (χ1) is 15.2. The molecule has 0 aliphatic heterocycles. The van der Waals surface area contributed by atoms with Crippen molar-refractivity contribution in [2.45, 2.75) is 90.4 Å². The summed E-state index contributed by atoms with van der Waals surface area (Å²) in [6, 6.07) is 12.6. The largest absolute Gasteiger partial charge is 0.465 e. The molecule has 0 spiro atoms. The van der Waals surface area contributed by atoms with Crippen LogP contribution in [0.2, 0.25) is 0 Å². The van der Waals surface area contributed by atoms with Gasteiger partial charge in [-0.2, -0.15) is 0 Å². The Balaban J connectivity index is 1.97. The minimum Gasteiger partial charge on any atom is -0.465 e. The summed E-state index contributed by atoms with van der Waals surface area (Å²) in [4.78, 5) is 11.7. The third kappa shape index (κ3) is 5.52. The summed E-state index contributed by atoms with van der Waals surface area (Å²) >= 11 is 0. The van der Waals surface area contributed by atoms with Gasteiger partial charge in [0.2, 0.25) is 0 Å². The molecule has 0 aromatic heterocycles. The molecule has 1 aliphatic rings. The summed E-state index contributed by atoms with van der Waals surface area (Å²) in [5.41, 5.74) is 7.96. The van der Waals surface area contributed by atoms with Gasteiger partial charge in [-0.15, -0.1) is 0 Å². The van der Waals surface area contributed by atoms with Gasteiger partial charge in [-0.3, -0.25) is 0 Å². The number of methoxy groups -OCH3 is 1. The molecule has 2 heteroatoms. The topological polar surface area (TPSA) is 26.3 Å². The minimum atomic E-state index is -0.297. The standard InChI is InChI=1S/C30H40O2/c1-7-8-9-10-11-24-20-26-27(30(4,5)19-18-29(26,2)3)21-25(24)17-14-22-12-15-23(16-13-22)28(31)32-6/h12-17,20-21H,7-11,18-19H2,1-6H3/b17-14+. The van der Waals surface area contributed by atoms with Gasteiger partial charge in [0.05, 0.1) is 12.7 Å². The Labute approximate surface area is 195 Å². The van der Waals surface area contributed by atoms with Gasteiger partial charge in [-0.05, 0) is 76.5 Å². The predicted octanol–water partition coefficient (Wildman–Crippen LogP) is 8.12. The smallest absolute Gasteiger partial charge is 0.337 e. The van der Waals surface area contributed by atoms with Crippen molar-refractivity contribution >= 4 is 18.1 Å². The van der Waals surface area contributed by atoms with Crippen molar-refractivity contribution in [3.8, 4) is 0 Å². The molecule has 0 saturated heterocycles. The number of hydrogen-bond donors (Lipinski definition) is 0. The van der Waals surface area contributed by atoms with Gasteiger partial charge in [0, 0.05) is 0 Å². The van der Waals surface area contributed by atoms with Crippen molar-refractivity contribution in [1.82, 2.24) is 0 Å². The van der Waals surface area contributed by atoms with E-state index in [2.05, 4.69) is 58.9 Å². The first-order valence-corrected chi connectivity index (χ1v) is 12.2. The van der Waals surface area contributed by atoms with Crippen LogP contribution in [0.5, 0.6) is 0 Å². The highest BCUT2D eigenvalue weighted by molar-refractivity contribution is 5.89. The SMILES string of the molecule is CCCCCCc1cc2c(cc1/C=C/c1ccc(C(=O)OC)cc1)C(C)(C)CCC2(C)C. The minimum absolute atomic E-state index is 0.205. The van der Waals surface area contributed by atoms with E-state index in [0.29, 0.717) is 5.56 Å². The molecule has 2 nitrogen and oxygen atoms in total. The fourth-order valence-electron chi connectivity index (χ4n) is 4.82. The molecular weight excluding hydrogens is 392 g/mol. The van der Waals surface area contributed by atoms with Crippen molar-refractivity contribution in [3.63, 3.8) is 0 Å². The summed E-state index contributed by atoms with van der Waals surface area (Å²) < 4.78 is 4.81. The molecule has 0 heterocycles. The second-order valence-corrected chi connectivity index (χ2v) is 10.6. The number of carbonyl (C=O) groups is 1. The molecular formula is C30H40O2. The van der Waals surface area contributed by atoms with Crippen LogP contribution in [0.1, 0.15) is 111 Å². The van der Waals surface area contributed by atoms with Gasteiger partial charge < -0.3 is 4.74 Å². The fourth-order valence-corrected chi connectivity index (χ4v) is 4.82. The number of ether oxygens (including phenoxy) is 1. The van der Waals surface area contributed by atoms with Crippen LogP contribution in [0.25, 0.3) is 12.2 Å². The summed E-state index contributed by atoms with van der Waals surface area (Å²) in [5, 5.41) is 0. The molecule has 0 radical (unpaired) electrons. The van der Waals surface area contributed by atoms with E-state index in [1.807, 2.05) is 24.3 Å². The van der Waals surface area contributed by atoms with Crippen LogP contribution in [0.3, 0.4) is 0 Å². The lowest BCUT2D eigenvalue weighted by Gasteiger charge is -2.42. The van der Waals surface area contributed by atoms with Crippen LogP contribution < -0.4 is 0 Å². The molecule has 0 fully saturated rings. The third-order valence-corrected chi connectivity index (χ3v) is 7.20. The van der Waals surface area contributed by atoms with Gasteiger partial charge in [0.1, 0.15) is 0 Å². The zero-order valence-electron chi connectivity index (χ0n) is 20.9. The molecule has 0 amide bonds. The maximum Gasteiger partial charge on any atom is 0.337 e. The summed E-state index contributed by atoms with van der Waals surface area (Å²) in [5.74, 6) is -0.297. The Kier molecular flexibility index (Phi) is 7.64. The fraction of sp³-hybridized carbons (Fsp3) is 0.500. The first-order valence-electron chi connectivity index (χ1n) is 12.2. The zero-order valence-corrected chi connectivity index (χ0v) is 20.9. The highest BCUT2D eigenvalue weighted by atomic mass is 16.5. The highest BCUT2D eigenvalue weighted by Gasteiger charge is 2.37. The number of benzene rings is 2. The van der Waals surface area contributed by atoms with Gasteiger partial charge >= 0.3 is 5.97 Å². The third-order valence-electron chi connectivity index (χ3n) is 7.20. The molecule has 2 aromatic rings. The summed E-state index contributed by atoms with van der Waals surface area (Å²) in [6.07, 6.45) is 13.1. The molecule has 32 heavy (non-hydrogen) atoms. The van der Waals surface area contributed by atoms with Gasteiger partial charge in [0.15, 0.2) is 0 Å². The number of rotatable bonds is 8. The number of fused-ring (bicyclic) bond motifs is 1. The van der Waals surface area contributed by atoms with E-state index in [9.17, 15) is 4.79 Å². The Bertz CT molecular complexity index is 961. The second-order valence-electron chi connectivity index (χ2n) is 10.6. The van der Waals surface area contributed by atoms with Gasteiger partial charge in [0.25, 0.3) is 0 Å². The highest BCUT2D eigenvalue weighted by Crippen LogP contribution is 2.46. The molecule has 172 valence electrons. The van der Waals surface area contributed by atoms with Gasteiger partial charge in [-0.25, -0.2) is 4.79 Å². The van der Waals surface area contributed by atoms with Crippen LogP contribution in [0.15, 0.2) is 36.4 Å². The number of unbranched alkanes of at least 4 members (excludes halogenated alkanes) is 3. The quantitative estimate of drug-likeness (QED) is 0.239. The van der Waals surface area contributed by atoms with E-state index in [4.69, 9.17) is 4.74 Å². The van der Waals surface area contributed by atoms with Crippen LogP contribution in [0.4, 0.5) is 0 Å². The van der Waals surface area contributed by atoms with E-state index in [-0.39, 0.29) is 16.8 Å². The molecule has 0 saturated carbocycles. The lowest BCUT2D eigenvalue weighted by molar-refractivity contribution is 0.0600. The van der Waals surface area contributed by atoms with Crippen LogP contribution in [-0.4, -0.2) is 13.1 Å². The van der Waals surface area contributed by atoms with Crippen LogP contribution >= 0.6 is 0 Å². The predicted molar refractivity (Wildman–Crippen MR) is 136 cm³/mol. The number of hydrogen-bond acceptors (Lipinski definition) is 2. The monoisotopic (exact) mass is 432 g/mol. The lowest BCUT2D eigenvalue weighted by atomic mass is 9.62. The van der Waals surface area contributed by atoms with Crippen molar-refractivity contribution in [2.24, 2.45) is 0 Å². The molecule has 0 atom stereocenters. The molecule has 0 bridgehead atoms. The van der Waals surface area contributed by atoms with Gasteiger partial charge in [-0.1, -0.05) is 90.3 Å². The normalized spacial score (nSPS) is 16.7. The molecule has 0 N–H and O–H groups in total. The number of carbonyl (C=O) groups excluding carboxylic acids is 1. The summed E-state index contributed by atoms with van der Waals surface area (Å²) in [6.45, 7) is 11.9. The molecule has 1 aliphatic carbocycles. The molecule has 0 unspecified atom stereocenters. The average molecular weight is 433 g/mol. The lowest BCUT2D eigenvalue weighted by Crippen LogP contribution is -2.34. The van der Waals surface area contributed by atoms with E-state index in [1.54, 1.807) is 5.56 Å². The van der Waals surface area contributed by atoms with E-state index in [1.165, 1.54) is 62.3 Å². The molecule has 2 aromatic carbocycles. The van der Waals surface area contributed by atoms with Crippen LogP contribution in [-0.2, 0) is 22.0 Å². The van der Waals surface area contributed by atoms with E-state index >= 15 is 0 Å². The van der Waals surface area contributed by atoms with Crippen molar-refractivity contribution in [1.29, 1.82) is 0 Å².